The summed E-state index contributed by atoms with van der Waals surface area (Å²) in [5.74, 6) is -0.132. The summed E-state index contributed by atoms with van der Waals surface area (Å²) in [5, 5.41) is 2.78. The average Bonchev–Trinajstić information content (AvgIpc) is 2.42. The van der Waals surface area contributed by atoms with Crippen LogP contribution in [0, 0.1) is 0 Å². The second-order valence-corrected chi connectivity index (χ2v) is 5.50. The summed E-state index contributed by atoms with van der Waals surface area (Å²) in [5.41, 5.74) is 0.527. The van der Waals surface area contributed by atoms with Gasteiger partial charge in [0.15, 0.2) is 0 Å². The third-order valence-corrected chi connectivity index (χ3v) is 3.85. The van der Waals surface area contributed by atoms with E-state index in [9.17, 15) is 9.59 Å². The highest BCUT2D eigenvalue weighted by Crippen LogP contribution is 2.26. The first kappa shape index (κ1) is 13.6. The molecule has 19 heavy (non-hydrogen) atoms. The Morgan fingerprint density at radius 2 is 1.89 bits per heavy atom. The predicted molar refractivity (Wildman–Crippen MR) is 73.4 cm³/mol. The molecule has 4 nitrogen and oxygen atoms in total. The van der Waals surface area contributed by atoms with E-state index in [1.807, 2.05) is 51.1 Å². The van der Waals surface area contributed by atoms with E-state index < -0.39 is 6.04 Å². The van der Waals surface area contributed by atoms with Gasteiger partial charge in [0.1, 0.15) is 12.6 Å². The molecule has 4 heteroatoms. The number of hydrogen-bond acceptors (Lipinski definition) is 2. The zero-order valence-corrected chi connectivity index (χ0v) is 11.6. The summed E-state index contributed by atoms with van der Waals surface area (Å²) >= 11 is 0. The highest BCUT2D eigenvalue weighted by Gasteiger charge is 2.40. The fourth-order valence-corrected chi connectivity index (χ4v) is 2.22. The van der Waals surface area contributed by atoms with Gasteiger partial charge in [0.05, 0.1) is 0 Å². The van der Waals surface area contributed by atoms with Gasteiger partial charge in [-0.05, 0) is 25.8 Å². The van der Waals surface area contributed by atoms with Crippen LogP contribution in [0.15, 0.2) is 30.3 Å². The number of amides is 2. The zero-order chi connectivity index (χ0) is 14.0. The van der Waals surface area contributed by atoms with Crippen LogP contribution in [0.5, 0.6) is 0 Å². The van der Waals surface area contributed by atoms with Crippen molar-refractivity contribution < 1.29 is 9.59 Å². The number of nitrogens with zero attached hydrogens (tertiary/aromatic N) is 1. The van der Waals surface area contributed by atoms with E-state index in [0.29, 0.717) is 0 Å². The summed E-state index contributed by atoms with van der Waals surface area (Å²) in [6.45, 7) is 6.15. The molecule has 2 rings (SSSR count). The van der Waals surface area contributed by atoms with Crippen LogP contribution in [0.4, 0.5) is 0 Å². The van der Waals surface area contributed by atoms with Crippen LogP contribution in [0.2, 0.25) is 0 Å². The Labute approximate surface area is 113 Å². The smallest absolute Gasteiger partial charge is 0.250 e. The normalized spacial score (nSPS) is 20.4. The van der Waals surface area contributed by atoms with Crippen molar-refractivity contribution in [3.8, 4) is 0 Å². The minimum atomic E-state index is -0.562. The molecule has 1 aromatic rings. The highest BCUT2D eigenvalue weighted by atomic mass is 16.2. The quantitative estimate of drug-likeness (QED) is 0.902. The van der Waals surface area contributed by atoms with Gasteiger partial charge in [-0.2, -0.15) is 0 Å². The van der Waals surface area contributed by atoms with Crippen LogP contribution in [0.3, 0.4) is 0 Å². The fourth-order valence-electron chi connectivity index (χ4n) is 2.22. The van der Waals surface area contributed by atoms with Gasteiger partial charge in [-0.1, -0.05) is 37.3 Å². The Morgan fingerprint density at radius 1 is 1.26 bits per heavy atom. The Kier molecular flexibility index (Phi) is 3.60. The maximum absolute atomic E-state index is 12.6. The van der Waals surface area contributed by atoms with E-state index >= 15 is 0 Å². The topological polar surface area (TPSA) is 49.4 Å². The van der Waals surface area contributed by atoms with E-state index in [2.05, 4.69) is 5.32 Å². The number of carbonyl (C=O) groups is 2. The lowest BCUT2D eigenvalue weighted by atomic mass is 9.94. The molecule has 102 valence electrons. The molecule has 1 saturated heterocycles. The molecule has 1 N–H and O–H groups in total. The van der Waals surface area contributed by atoms with Crippen molar-refractivity contribution in [3.05, 3.63) is 35.9 Å². The Balaban J connectivity index is 2.32. The van der Waals surface area contributed by atoms with Gasteiger partial charge in [0.2, 0.25) is 5.91 Å². The molecule has 2 amide bonds. The van der Waals surface area contributed by atoms with Crippen molar-refractivity contribution in [1.82, 2.24) is 10.2 Å². The number of piperazine rings is 1. The van der Waals surface area contributed by atoms with Crippen LogP contribution in [-0.4, -0.2) is 28.8 Å². The summed E-state index contributed by atoms with van der Waals surface area (Å²) in [7, 11) is 0. The molecular weight excluding hydrogens is 240 g/mol. The van der Waals surface area contributed by atoms with Crippen molar-refractivity contribution in [2.45, 2.75) is 38.8 Å². The first-order chi connectivity index (χ1) is 8.95. The van der Waals surface area contributed by atoms with Gasteiger partial charge in [-0.3, -0.25) is 9.59 Å². The number of nitrogens with one attached hydrogen (secondary N) is 1. The van der Waals surface area contributed by atoms with Crippen LogP contribution in [0.25, 0.3) is 0 Å². The summed E-state index contributed by atoms with van der Waals surface area (Å²) < 4.78 is 0. The molecule has 0 aliphatic carbocycles. The van der Waals surface area contributed by atoms with Gasteiger partial charge in [-0.25, -0.2) is 0 Å². The standard InChI is InChI=1S/C15H20N2O2/c1-4-15(2,3)17-10-12(18)16-13(14(17)19)11-8-6-5-7-9-11/h5-9,13H,4,10H2,1-3H3,(H,16,18). The summed E-state index contributed by atoms with van der Waals surface area (Å²) in [6.07, 6.45) is 0.813. The second-order valence-electron chi connectivity index (χ2n) is 5.50. The molecule has 0 saturated carbocycles. The van der Waals surface area contributed by atoms with Crippen LogP contribution >= 0.6 is 0 Å². The zero-order valence-electron chi connectivity index (χ0n) is 11.6. The SMILES string of the molecule is CCC(C)(C)N1CC(=O)NC(c2ccccc2)C1=O. The molecule has 1 heterocycles. The maximum atomic E-state index is 12.6. The van der Waals surface area contributed by atoms with Crippen molar-refractivity contribution in [2.24, 2.45) is 0 Å². The number of benzene rings is 1. The van der Waals surface area contributed by atoms with E-state index in [1.54, 1.807) is 4.90 Å². The van der Waals surface area contributed by atoms with Gasteiger partial charge < -0.3 is 10.2 Å². The van der Waals surface area contributed by atoms with Gasteiger partial charge in [0.25, 0.3) is 5.91 Å². The van der Waals surface area contributed by atoms with E-state index in [0.717, 1.165) is 12.0 Å². The minimum Gasteiger partial charge on any atom is -0.339 e. The monoisotopic (exact) mass is 260 g/mol. The van der Waals surface area contributed by atoms with E-state index in [1.165, 1.54) is 0 Å². The summed E-state index contributed by atoms with van der Waals surface area (Å²) in [4.78, 5) is 26.1. The third kappa shape index (κ3) is 2.62. The first-order valence-electron chi connectivity index (χ1n) is 6.61. The molecule has 1 atom stereocenters. The molecule has 0 aromatic heterocycles. The molecule has 1 aliphatic heterocycles. The van der Waals surface area contributed by atoms with Crippen LogP contribution in [0.1, 0.15) is 38.8 Å². The van der Waals surface area contributed by atoms with E-state index in [-0.39, 0.29) is 23.9 Å². The molecule has 0 radical (unpaired) electrons. The van der Waals surface area contributed by atoms with Crippen molar-refractivity contribution in [1.29, 1.82) is 0 Å². The van der Waals surface area contributed by atoms with Gasteiger partial charge in [0, 0.05) is 5.54 Å². The Morgan fingerprint density at radius 3 is 2.47 bits per heavy atom. The largest absolute Gasteiger partial charge is 0.339 e. The van der Waals surface area contributed by atoms with Crippen molar-refractivity contribution in [3.63, 3.8) is 0 Å². The first-order valence-corrected chi connectivity index (χ1v) is 6.61. The van der Waals surface area contributed by atoms with E-state index in [4.69, 9.17) is 0 Å². The third-order valence-electron chi connectivity index (χ3n) is 3.85. The number of carbonyl (C=O) groups excluding carboxylic acids is 2. The van der Waals surface area contributed by atoms with Crippen LogP contribution < -0.4 is 5.32 Å². The molecule has 1 unspecified atom stereocenters. The average molecular weight is 260 g/mol. The number of rotatable bonds is 3. The lowest BCUT2D eigenvalue weighted by molar-refractivity contribution is -0.150. The van der Waals surface area contributed by atoms with Crippen LogP contribution in [-0.2, 0) is 9.59 Å². The molecule has 0 bridgehead atoms. The summed E-state index contributed by atoms with van der Waals surface area (Å²) in [6, 6.07) is 8.81. The molecule has 1 aliphatic rings. The number of hydrogen-bond donors (Lipinski definition) is 1. The molecular formula is C15H20N2O2. The Hall–Kier alpha value is -1.84. The molecule has 0 spiro atoms. The van der Waals surface area contributed by atoms with Gasteiger partial charge in [-0.15, -0.1) is 0 Å². The fraction of sp³-hybridized carbons (Fsp3) is 0.467. The Bertz CT molecular complexity index is 482. The molecule has 1 fully saturated rings. The van der Waals surface area contributed by atoms with Crippen molar-refractivity contribution >= 4 is 11.8 Å². The maximum Gasteiger partial charge on any atom is 0.250 e. The van der Waals surface area contributed by atoms with Gasteiger partial charge >= 0.3 is 0 Å². The minimum absolute atomic E-state index is 0.0300. The second kappa shape index (κ2) is 5.03. The highest BCUT2D eigenvalue weighted by molar-refractivity contribution is 5.95. The predicted octanol–water partition coefficient (Wildman–Crippen LogP) is 1.87. The lowest BCUT2D eigenvalue weighted by Gasteiger charge is -2.42. The molecule has 1 aromatic carbocycles. The lowest BCUT2D eigenvalue weighted by Crippen LogP contribution is -2.60. The van der Waals surface area contributed by atoms with Crippen molar-refractivity contribution in [2.75, 3.05) is 6.54 Å².